The van der Waals surface area contributed by atoms with Crippen molar-refractivity contribution in [3.8, 4) is 0 Å². The van der Waals surface area contributed by atoms with E-state index in [4.69, 9.17) is 9.15 Å². The molecule has 0 atom stereocenters. The molecule has 5 rings (SSSR count). The monoisotopic (exact) mass is 483 g/mol. The van der Waals surface area contributed by atoms with E-state index in [1.54, 1.807) is 11.0 Å². The molecule has 1 saturated heterocycles. The fourth-order valence-electron chi connectivity index (χ4n) is 4.84. The summed E-state index contributed by atoms with van der Waals surface area (Å²) in [7, 11) is 0. The highest BCUT2D eigenvalue weighted by atomic mass is 19.1. The van der Waals surface area contributed by atoms with E-state index in [1.807, 2.05) is 32.6 Å². The number of rotatable bonds is 2. The Bertz CT molecular complexity index is 1330. The third-order valence-electron chi connectivity index (χ3n) is 6.54. The number of hydrogen-bond donors (Lipinski definition) is 0. The van der Waals surface area contributed by atoms with Crippen molar-refractivity contribution in [1.29, 1.82) is 0 Å². The normalized spacial score (nSPS) is 17.1. The second-order valence-electron chi connectivity index (χ2n) is 10.3. The van der Waals surface area contributed by atoms with Crippen LogP contribution in [0, 0.1) is 12.7 Å². The molecular formula is C25H30FN5O4. The van der Waals surface area contributed by atoms with Crippen LogP contribution in [-0.2, 0) is 17.7 Å². The SMILES string of the molecule is Cc1nc2c(o1)CN(c1cc(F)c3c(=O)n(C4CCN(C(=O)OC(C)(C)C)CC4)cnc3c1)CC2. The van der Waals surface area contributed by atoms with Crippen LogP contribution in [0.4, 0.5) is 14.9 Å². The van der Waals surface area contributed by atoms with Gasteiger partial charge in [0.2, 0.25) is 0 Å². The summed E-state index contributed by atoms with van der Waals surface area (Å²) in [6.07, 6.45) is 2.99. The molecule has 2 aliphatic heterocycles. The van der Waals surface area contributed by atoms with Crippen molar-refractivity contribution in [3.05, 3.63) is 52.0 Å². The smallest absolute Gasteiger partial charge is 0.410 e. The van der Waals surface area contributed by atoms with Gasteiger partial charge in [-0.3, -0.25) is 9.36 Å². The lowest BCUT2D eigenvalue weighted by Gasteiger charge is -2.34. The first-order valence-electron chi connectivity index (χ1n) is 12.0. The van der Waals surface area contributed by atoms with Crippen molar-refractivity contribution in [2.75, 3.05) is 24.5 Å². The van der Waals surface area contributed by atoms with Gasteiger partial charge in [0.1, 0.15) is 22.6 Å². The number of likely N-dealkylation sites (tertiary alicyclic amines) is 1. The van der Waals surface area contributed by atoms with Crippen molar-refractivity contribution >= 4 is 22.7 Å². The van der Waals surface area contributed by atoms with Crippen LogP contribution >= 0.6 is 0 Å². The second-order valence-corrected chi connectivity index (χ2v) is 10.3. The van der Waals surface area contributed by atoms with E-state index in [-0.39, 0.29) is 17.5 Å². The van der Waals surface area contributed by atoms with Crippen LogP contribution in [0.2, 0.25) is 0 Å². The molecule has 10 heteroatoms. The number of aromatic nitrogens is 3. The Morgan fingerprint density at radius 2 is 1.94 bits per heavy atom. The minimum atomic E-state index is -0.588. The van der Waals surface area contributed by atoms with E-state index >= 15 is 4.39 Å². The first-order chi connectivity index (χ1) is 16.6. The molecule has 4 heterocycles. The van der Waals surface area contributed by atoms with E-state index < -0.39 is 17.0 Å². The molecule has 9 nitrogen and oxygen atoms in total. The maximum Gasteiger partial charge on any atom is 0.410 e. The topological polar surface area (TPSA) is 93.7 Å². The molecule has 1 fully saturated rings. The number of aryl methyl sites for hydroxylation is 1. The number of nitrogens with zero attached hydrogens (tertiary/aromatic N) is 5. The van der Waals surface area contributed by atoms with Crippen LogP contribution < -0.4 is 10.5 Å². The third kappa shape index (κ3) is 4.61. The summed E-state index contributed by atoms with van der Waals surface area (Å²) >= 11 is 0. The Labute approximate surface area is 202 Å². The average molecular weight is 484 g/mol. The summed E-state index contributed by atoms with van der Waals surface area (Å²) in [4.78, 5) is 38.1. The molecule has 0 bridgehead atoms. The standard InChI is InChI=1S/C25H30FN5O4/c1-15-28-19-7-10-30(13-21(19)34-15)17-11-18(26)22-20(12-17)27-14-31(23(22)32)16-5-8-29(9-6-16)24(33)35-25(2,3)4/h11-12,14,16H,5-10,13H2,1-4H3. The Kier molecular flexibility index (Phi) is 5.77. The van der Waals surface area contributed by atoms with E-state index in [1.165, 1.54) is 17.0 Å². The summed E-state index contributed by atoms with van der Waals surface area (Å²) in [5.74, 6) is 0.825. The molecule has 186 valence electrons. The van der Waals surface area contributed by atoms with Gasteiger partial charge in [-0.15, -0.1) is 0 Å². The fourth-order valence-corrected chi connectivity index (χ4v) is 4.84. The lowest BCUT2D eigenvalue weighted by atomic mass is 10.0. The molecule has 0 unspecified atom stereocenters. The number of benzene rings is 1. The van der Waals surface area contributed by atoms with E-state index in [2.05, 4.69) is 9.97 Å². The van der Waals surface area contributed by atoms with Gasteiger partial charge in [0.05, 0.1) is 24.1 Å². The Balaban J connectivity index is 1.35. The number of anilines is 1. The zero-order valence-electron chi connectivity index (χ0n) is 20.5. The zero-order valence-corrected chi connectivity index (χ0v) is 20.5. The van der Waals surface area contributed by atoms with Crippen LogP contribution in [-0.4, -0.2) is 50.8 Å². The molecule has 0 radical (unpaired) electrons. The maximum absolute atomic E-state index is 15.2. The van der Waals surface area contributed by atoms with Gasteiger partial charge in [-0.1, -0.05) is 0 Å². The number of oxazole rings is 1. The number of ether oxygens (including phenoxy) is 1. The summed E-state index contributed by atoms with van der Waals surface area (Å²) in [6.45, 7) is 9.40. The minimum Gasteiger partial charge on any atom is -0.444 e. The van der Waals surface area contributed by atoms with Crippen molar-refractivity contribution in [2.45, 2.75) is 65.1 Å². The lowest BCUT2D eigenvalue weighted by molar-refractivity contribution is 0.0187. The molecule has 2 aliphatic rings. The van der Waals surface area contributed by atoms with Crippen LogP contribution in [0.25, 0.3) is 10.9 Å². The summed E-state index contributed by atoms with van der Waals surface area (Å²) in [5, 5.41) is -0.0148. The van der Waals surface area contributed by atoms with Crippen molar-refractivity contribution < 1.29 is 18.3 Å². The highest BCUT2D eigenvalue weighted by Crippen LogP contribution is 2.29. The molecule has 0 spiro atoms. The molecule has 1 amide bonds. The van der Waals surface area contributed by atoms with Crippen LogP contribution in [0.15, 0.2) is 27.7 Å². The highest BCUT2D eigenvalue weighted by molar-refractivity contribution is 5.82. The number of piperidine rings is 1. The molecule has 35 heavy (non-hydrogen) atoms. The number of carbonyl (C=O) groups excluding carboxylic acids is 1. The molecule has 2 aromatic heterocycles. The molecule has 3 aromatic rings. The second kappa shape index (κ2) is 8.66. The van der Waals surface area contributed by atoms with Gasteiger partial charge in [-0.2, -0.15) is 0 Å². The van der Waals surface area contributed by atoms with Gasteiger partial charge >= 0.3 is 6.09 Å². The Morgan fingerprint density at radius 1 is 1.20 bits per heavy atom. The van der Waals surface area contributed by atoms with Gasteiger partial charge in [-0.05, 0) is 45.7 Å². The molecule has 0 saturated carbocycles. The van der Waals surface area contributed by atoms with Crippen LogP contribution in [0.3, 0.4) is 0 Å². The molecule has 0 aliphatic carbocycles. The van der Waals surface area contributed by atoms with Crippen molar-refractivity contribution in [1.82, 2.24) is 19.4 Å². The summed E-state index contributed by atoms with van der Waals surface area (Å²) in [5.41, 5.74) is 0.964. The van der Waals surface area contributed by atoms with Crippen LogP contribution in [0.5, 0.6) is 0 Å². The van der Waals surface area contributed by atoms with E-state index in [0.29, 0.717) is 62.5 Å². The summed E-state index contributed by atoms with van der Waals surface area (Å²) in [6, 6.07) is 2.99. The van der Waals surface area contributed by atoms with Gasteiger partial charge in [-0.25, -0.2) is 19.2 Å². The lowest BCUT2D eigenvalue weighted by Crippen LogP contribution is -2.43. The Hall–Kier alpha value is -3.43. The van der Waals surface area contributed by atoms with Crippen molar-refractivity contribution in [2.24, 2.45) is 0 Å². The van der Waals surface area contributed by atoms with E-state index in [0.717, 1.165) is 11.5 Å². The van der Waals surface area contributed by atoms with Crippen LogP contribution in [0.1, 0.15) is 57.0 Å². The van der Waals surface area contributed by atoms with Crippen molar-refractivity contribution in [3.63, 3.8) is 0 Å². The predicted molar refractivity (Wildman–Crippen MR) is 128 cm³/mol. The average Bonchev–Trinajstić information content (AvgIpc) is 3.17. The molecule has 0 N–H and O–H groups in total. The van der Waals surface area contributed by atoms with Gasteiger partial charge < -0.3 is 19.0 Å². The highest BCUT2D eigenvalue weighted by Gasteiger charge is 2.29. The van der Waals surface area contributed by atoms with Gasteiger partial charge in [0.25, 0.3) is 5.56 Å². The maximum atomic E-state index is 15.2. The minimum absolute atomic E-state index is 0.0148. The zero-order chi connectivity index (χ0) is 24.9. The number of fused-ring (bicyclic) bond motifs is 2. The number of amides is 1. The number of hydrogen-bond acceptors (Lipinski definition) is 7. The molecule has 1 aromatic carbocycles. The quantitative estimate of drug-likeness (QED) is 0.544. The molecular weight excluding hydrogens is 453 g/mol. The first-order valence-corrected chi connectivity index (χ1v) is 12.0. The predicted octanol–water partition coefficient (Wildman–Crippen LogP) is 3.97. The van der Waals surface area contributed by atoms with Gasteiger partial charge in [0.15, 0.2) is 5.89 Å². The summed E-state index contributed by atoms with van der Waals surface area (Å²) < 4.78 is 27.9. The number of halogens is 1. The third-order valence-corrected chi connectivity index (χ3v) is 6.54. The Morgan fingerprint density at radius 3 is 2.66 bits per heavy atom. The van der Waals surface area contributed by atoms with E-state index in [9.17, 15) is 9.59 Å². The number of carbonyl (C=O) groups is 1. The largest absolute Gasteiger partial charge is 0.444 e. The first kappa shape index (κ1) is 23.3. The fraction of sp³-hybridized carbons (Fsp3) is 0.520. The van der Waals surface area contributed by atoms with Gasteiger partial charge in [0, 0.05) is 44.7 Å².